The Morgan fingerprint density at radius 2 is 1.68 bits per heavy atom. The molecule has 0 heterocycles. The molecule has 0 aromatic rings. The molecule has 4 nitrogen and oxygen atoms in total. The topological polar surface area (TPSA) is 57.6 Å². The molecule has 6 fully saturated rings. The maximum absolute atomic E-state index is 13.1. The van der Waals surface area contributed by atoms with Gasteiger partial charge in [0.05, 0.1) is 5.41 Å². The lowest BCUT2D eigenvalue weighted by Gasteiger charge is -2.55. The zero-order chi connectivity index (χ0) is 21.6. The molecule has 172 valence electrons. The molecule has 0 aromatic heterocycles. The van der Waals surface area contributed by atoms with Crippen LogP contribution in [0.1, 0.15) is 90.4 Å². The third-order valence-electron chi connectivity index (χ3n) is 11.8. The highest BCUT2D eigenvalue weighted by Crippen LogP contribution is 2.77. The van der Waals surface area contributed by atoms with E-state index in [9.17, 15) is 14.7 Å². The fraction of sp³-hybridized carbons (Fsp3) is 0.926. The Morgan fingerprint density at radius 3 is 2.42 bits per heavy atom. The fourth-order valence-electron chi connectivity index (χ4n) is 10.8. The van der Waals surface area contributed by atoms with Gasteiger partial charge in [-0.15, -0.1) is 0 Å². The van der Waals surface area contributed by atoms with Gasteiger partial charge in [-0.25, -0.2) is 0 Å². The molecule has 9 unspecified atom stereocenters. The summed E-state index contributed by atoms with van der Waals surface area (Å²) in [7, 11) is 1.97. The molecule has 0 radical (unpaired) electrons. The second-order valence-corrected chi connectivity index (χ2v) is 13.1. The molecule has 0 aromatic carbocycles. The standard InChI is InChI=1S/C27H41NO3/c1-3-28(2)23(29)19-7-18-8-20-13-25(12-18,14-21(20)10-19)26-11-17-5-4-6-27(16-26,24(30)31)22(9-17)15-26/h17-22H,3-16H2,1-2H3,(H,30,31). The van der Waals surface area contributed by atoms with Crippen LogP contribution in [0.3, 0.4) is 0 Å². The Balaban J connectivity index is 1.33. The average Bonchev–Trinajstić information content (AvgIpc) is 3.02. The van der Waals surface area contributed by atoms with Gasteiger partial charge >= 0.3 is 5.97 Å². The van der Waals surface area contributed by atoms with Crippen LogP contribution >= 0.6 is 0 Å². The Labute approximate surface area is 187 Å². The van der Waals surface area contributed by atoms with E-state index in [0.29, 0.717) is 29.1 Å². The van der Waals surface area contributed by atoms with Crippen LogP contribution in [0.2, 0.25) is 0 Å². The van der Waals surface area contributed by atoms with Crippen LogP contribution in [0.4, 0.5) is 0 Å². The van der Waals surface area contributed by atoms with E-state index in [4.69, 9.17) is 0 Å². The number of fused-ring (bicyclic) bond motifs is 5. The number of hydrogen-bond acceptors (Lipinski definition) is 2. The normalized spacial score (nSPS) is 52.1. The summed E-state index contributed by atoms with van der Waals surface area (Å²) >= 11 is 0. The molecular formula is C27H41NO3. The fourth-order valence-corrected chi connectivity index (χ4v) is 10.8. The van der Waals surface area contributed by atoms with Gasteiger partial charge in [0.15, 0.2) is 0 Å². The monoisotopic (exact) mass is 427 g/mol. The molecule has 4 heteroatoms. The van der Waals surface area contributed by atoms with E-state index in [1.807, 2.05) is 11.9 Å². The second kappa shape index (κ2) is 6.73. The summed E-state index contributed by atoms with van der Waals surface area (Å²) in [5, 5.41) is 10.4. The first-order valence-corrected chi connectivity index (χ1v) is 13.3. The molecular weight excluding hydrogens is 386 g/mol. The van der Waals surface area contributed by atoms with Gasteiger partial charge in [-0.1, -0.05) is 12.8 Å². The summed E-state index contributed by atoms with van der Waals surface area (Å²) in [4.78, 5) is 27.7. The molecule has 6 bridgehead atoms. The van der Waals surface area contributed by atoms with Crippen molar-refractivity contribution in [1.82, 2.24) is 4.90 Å². The van der Waals surface area contributed by atoms with Crippen molar-refractivity contribution in [2.24, 2.45) is 51.8 Å². The summed E-state index contributed by atoms with van der Waals surface area (Å²) in [5.74, 6) is 3.49. The molecule has 0 aliphatic heterocycles. The van der Waals surface area contributed by atoms with Crippen molar-refractivity contribution in [1.29, 1.82) is 0 Å². The number of carboxylic acid groups (broad SMARTS) is 1. The molecule has 1 N–H and O–H groups in total. The summed E-state index contributed by atoms with van der Waals surface area (Å²) < 4.78 is 0. The number of amides is 1. The third kappa shape index (κ3) is 2.72. The van der Waals surface area contributed by atoms with Crippen LogP contribution in [0.25, 0.3) is 0 Å². The van der Waals surface area contributed by atoms with Gasteiger partial charge in [-0.05, 0) is 118 Å². The minimum atomic E-state index is -0.475. The van der Waals surface area contributed by atoms with Crippen LogP contribution in [0, 0.1) is 51.8 Å². The van der Waals surface area contributed by atoms with Gasteiger partial charge in [-0.2, -0.15) is 0 Å². The highest BCUT2D eigenvalue weighted by Gasteiger charge is 2.71. The smallest absolute Gasteiger partial charge is 0.309 e. The van der Waals surface area contributed by atoms with Crippen LogP contribution in [0.5, 0.6) is 0 Å². The van der Waals surface area contributed by atoms with Gasteiger partial charge in [0.1, 0.15) is 0 Å². The zero-order valence-electron chi connectivity index (χ0n) is 19.6. The highest BCUT2D eigenvalue weighted by molar-refractivity contribution is 5.78. The molecule has 6 saturated carbocycles. The van der Waals surface area contributed by atoms with E-state index < -0.39 is 11.4 Å². The number of nitrogens with zero attached hydrogens (tertiary/aromatic N) is 1. The predicted molar refractivity (Wildman–Crippen MR) is 119 cm³/mol. The number of hydrogen-bond donors (Lipinski definition) is 1. The van der Waals surface area contributed by atoms with Gasteiger partial charge < -0.3 is 10.0 Å². The molecule has 0 saturated heterocycles. The van der Waals surface area contributed by atoms with Crippen molar-refractivity contribution in [3.05, 3.63) is 0 Å². The van der Waals surface area contributed by atoms with E-state index in [2.05, 4.69) is 6.92 Å². The number of carboxylic acids is 1. The van der Waals surface area contributed by atoms with Gasteiger partial charge in [0, 0.05) is 19.5 Å². The van der Waals surface area contributed by atoms with Crippen molar-refractivity contribution in [3.63, 3.8) is 0 Å². The highest BCUT2D eigenvalue weighted by atomic mass is 16.4. The zero-order valence-corrected chi connectivity index (χ0v) is 19.6. The van der Waals surface area contributed by atoms with Gasteiger partial charge in [0.25, 0.3) is 0 Å². The molecule has 9 atom stereocenters. The largest absolute Gasteiger partial charge is 0.481 e. The lowest BCUT2D eigenvalue weighted by Crippen LogP contribution is -2.46. The Kier molecular flexibility index (Phi) is 4.46. The molecule has 6 aliphatic rings. The quantitative estimate of drug-likeness (QED) is 0.657. The number of rotatable bonds is 4. The number of aliphatic carboxylic acids is 1. The number of carbonyl (C=O) groups is 2. The summed E-state index contributed by atoms with van der Waals surface area (Å²) in [6.45, 7) is 2.89. The van der Waals surface area contributed by atoms with Crippen molar-refractivity contribution in [2.45, 2.75) is 90.4 Å². The molecule has 6 rings (SSSR count). The minimum absolute atomic E-state index is 0.228. The maximum atomic E-state index is 13.1. The lowest BCUT2D eigenvalue weighted by molar-refractivity contribution is -0.152. The summed E-state index contributed by atoms with van der Waals surface area (Å²) in [6.07, 6.45) is 15.4. The molecule has 1 amide bonds. The van der Waals surface area contributed by atoms with Crippen molar-refractivity contribution in [2.75, 3.05) is 13.6 Å². The van der Waals surface area contributed by atoms with Crippen LogP contribution < -0.4 is 0 Å². The average molecular weight is 428 g/mol. The number of carbonyl (C=O) groups excluding carboxylic acids is 1. The third-order valence-corrected chi connectivity index (χ3v) is 11.8. The van der Waals surface area contributed by atoms with Gasteiger partial charge in [0.2, 0.25) is 5.91 Å². The molecule has 31 heavy (non-hydrogen) atoms. The molecule has 6 aliphatic carbocycles. The maximum Gasteiger partial charge on any atom is 0.309 e. The SMILES string of the molecule is CCN(C)C(=O)C1CC2CC3CC(C45CC6CCCC(C(=O)O)(C4)C(C6)C5)(C2)CC3C1. The Bertz CT molecular complexity index is 791. The predicted octanol–water partition coefficient (Wildman–Crippen LogP) is 5.36. The van der Waals surface area contributed by atoms with Crippen LogP contribution in [0.15, 0.2) is 0 Å². The van der Waals surface area contributed by atoms with Crippen molar-refractivity contribution < 1.29 is 14.7 Å². The minimum Gasteiger partial charge on any atom is -0.481 e. The Hall–Kier alpha value is -1.06. The van der Waals surface area contributed by atoms with E-state index in [1.165, 1.54) is 51.4 Å². The van der Waals surface area contributed by atoms with E-state index in [1.54, 1.807) is 0 Å². The summed E-state index contributed by atoms with van der Waals surface area (Å²) in [5.41, 5.74) is 0.233. The van der Waals surface area contributed by atoms with Crippen molar-refractivity contribution >= 4 is 11.9 Å². The van der Waals surface area contributed by atoms with Crippen LogP contribution in [-0.2, 0) is 9.59 Å². The summed E-state index contributed by atoms with van der Waals surface area (Å²) in [6, 6.07) is 0. The van der Waals surface area contributed by atoms with E-state index in [0.717, 1.165) is 50.5 Å². The molecule has 0 spiro atoms. The van der Waals surface area contributed by atoms with Gasteiger partial charge in [-0.3, -0.25) is 9.59 Å². The lowest BCUT2D eigenvalue weighted by atomic mass is 9.50. The van der Waals surface area contributed by atoms with E-state index in [-0.39, 0.29) is 11.3 Å². The first-order valence-electron chi connectivity index (χ1n) is 13.3. The first kappa shape index (κ1) is 20.5. The second-order valence-electron chi connectivity index (χ2n) is 13.1. The first-order chi connectivity index (χ1) is 14.8. The van der Waals surface area contributed by atoms with Crippen LogP contribution in [-0.4, -0.2) is 35.5 Å². The van der Waals surface area contributed by atoms with Crippen molar-refractivity contribution in [3.8, 4) is 0 Å². The van der Waals surface area contributed by atoms with E-state index >= 15 is 0 Å². The Morgan fingerprint density at radius 1 is 0.935 bits per heavy atom.